The van der Waals surface area contributed by atoms with Crippen LogP contribution in [0, 0.1) is 15.9 Å². The van der Waals surface area contributed by atoms with E-state index in [9.17, 15) is 19.3 Å². The lowest BCUT2D eigenvalue weighted by atomic mass is 10.1. The van der Waals surface area contributed by atoms with Crippen LogP contribution in [0.25, 0.3) is 0 Å². The van der Waals surface area contributed by atoms with E-state index in [0.717, 1.165) is 12.1 Å². The molecule has 0 aliphatic rings. The highest BCUT2D eigenvalue weighted by Crippen LogP contribution is 2.27. The summed E-state index contributed by atoms with van der Waals surface area (Å²) in [6.45, 7) is 0.722. The van der Waals surface area contributed by atoms with Crippen molar-refractivity contribution in [1.29, 1.82) is 0 Å². The number of carboxylic acids is 1. The molecule has 0 fully saturated rings. The summed E-state index contributed by atoms with van der Waals surface area (Å²) in [5.41, 5.74) is 3.12. The molecule has 0 saturated heterocycles. The zero-order chi connectivity index (χ0) is 13.9. The Labute approximate surface area is 101 Å². The third-order valence-corrected chi connectivity index (χ3v) is 2.13. The summed E-state index contributed by atoms with van der Waals surface area (Å²) >= 11 is 0. The summed E-state index contributed by atoms with van der Waals surface area (Å²) in [5.74, 6) is -2.34. The SMILES string of the molecule is CC(N)(COc1ccc(F)cc1[N+](=O)[O-])C(=O)O. The number of hydrogen-bond donors (Lipinski definition) is 2. The van der Waals surface area contributed by atoms with Gasteiger partial charge in [0.25, 0.3) is 0 Å². The molecule has 0 aliphatic carbocycles. The minimum atomic E-state index is -1.69. The Morgan fingerprint density at radius 2 is 2.28 bits per heavy atom. The maximum atomic E-state index is 12.8. The van der Waals surface area contributed by atoms with Gasteiger partial charge in [-0.05, 0) is 19.1 Å². The highest BCUT2D eigenvalue weighted by atomic mass is 19.1. The van der Waals surface area contributed by atoms with Gasteiger partial charge in [0.1, 0.15) is 18.0 Å². The lowest BCUT2D eigenvalue weighted by Crippen LogP contribution is -2.50. The lowest BCUT2D eigenvalue weighted by Gasteiger charge is -2.19. The molecule has 0 saturated carbocycles. The van der Waals surface area contributed by atoms with Gasteiger partial charge in [-0.2, -0.15) is 0 Å². The smallest absolute Gasteiger partial charge is 0.326 e. The number of nitro groups is 1. The molecular weight excluding hydrogens is 247 g/mol. The zero-order valence-electron chi connectivity index (χ0n) is 9.42. The Kier molecular flexibility index (Phi) is 3.82. The van der Waals surface area contributed by atoms with Crippen molar-refractivity contribution in [3.63, 3.8) is 0 Å². The van der Waals surface area contributed by atoms with Gasteiger partial charge in [-0.3, -0.25) is 14.9 Å². The first-order valence-corrected chi connectivity index (χ1v) is 4.83. The normalized spacial score (nSPS) is 13.7. The van der Waals surface area contributed by atoms with Gasteiger partial charge >= 0.3 is 11.7 Å². The van der Waals surface area contributed by atoms with E-state index in [1.54, 1.807) is 0 Å². The van der Waals surface area contributed by atoms with Crippen LogP contribution in [0.2, 0.25) is 0 Å². The molecule has 8 heteroatoms. The van der Waals surface area contributed by atoms with Gasteiger partial charge in [0.15, 0.2) is 5.75 Å². The standard InChI is InChI=1S/C10H11FN2O5/c1-10(12,9(14)15)5-18-8-3-2-6(11)4-7(8)13(16)17/h2-4H,5,12H2,1H3,(H,14,15). The summed E-state index contributed by atoms with van der Waals surface area (Å²) in [5, 5.41) is 19.4. The first kappa shape index (κ1) is 13.8. The molecule has 3 N–H and O–H groups in total. The number of nitrogens with zero attached hydrogens (tertiary/aromatic N) is 1. The number of nitro benzene ring substituents is 1. The Balaban J connectivity index is 2.92. The van der Waals surface area contributed by atoms with Gasteiger partial charge in [0.05, 0.1) is 11.0 Å². The fourth-order valence-corrected chi connectivity index (χ4v) is 1.04. The van der Waals surface area contributed by atoms with Crippen molar-refractivity contribution in [2.24, 2.45) is 5.73 Å². The van der Waals surface area contributed by atoms with Gasteiger partial charge in [-0.1, -0.05) is 0 Å². The number of hydrogen-bond acceptors (Lipinski definition) is 5. The number of nitrogens with two attached hydrogens (primary N) is 1. The number of halogens is 1. The first-order valence-electron chi connectivity index (χ1n) is 4.83. The average Bonchev–Trinajstić information content (AvgIpc) is 2.27. The van der Waals surface area contributed by atoms with E-state index in [4.69, 9.17) is 15.6 Å². The predicted octanol–water partition coefficient (Wildman–Crippen LogP) is 0.915. The Morgan fingerprint density at radius 3 is 2.78 bits per heavy atom. The third kappa shape index (κ3) is 3.14. The van der Waals surface area contributed by atoms with Crippen LogP contribution >= 0.6 is 0 Å². The topological polar surface area (TPSA) is 116 Å². The zero-order valence-corrected chi connectivity index (χ0v) is 9.42. The van der Waals surface area contributed by atoms with E-state index in [2.05, 4.69) is 0 Å². The van der Waals surface area contributed by atoms with Crippen LogP contribution in [-0.4, -0.2) is 28.1 Å². The molecule has 0 aliphatic heterocycles. The maximum absolute atomic E-state index is 12.8. The van der Waals surface area contributed by atoms with Crippen molar-refractivity contribution in [3.8, 4) is 5.75 Å². The fraction of sp³-hybridized carbons (Fsp3) is 0.300. The highest BCUT2D eigenvalue weighted by molar-refractivity contribution is 5.78. The van der Waals surface area contributed by atoms with Crippen LogP contribution in [0.5, 0.6) is 5.75 Å². The van der Waals surface area contributed by atoms with Crippen LogP contribution in [-0.2, 0) is 4.79 Å². The van der Waals surface area contributed by atoms with Gasteiger partial charge in [-0.25, -0.2) is 4.39 Å². The van der Waals surface area contributed by atoms with Crippen molar-refractivity contribution < 1.29 is 24.0 Å². The van der Waals surface area contributed by atoms with E-state index >= 15 is 0 Å². The van der Waals surface area contributed by atoms with Crippen LogP contribution in [0.1, 0.15) is 6.92 Å². The molecule has 7 nitrogen and oxygen atoms in total. The quantitative estimate of drug-likeness (QED) is 0.599. The molecule has 1 unspecified atom stereocenters. The molecule has 0 spiro atoms. The van der Waals surface area contributed by atoms with Gasteiger partial charge in [-0.15, -0.1) is 0 Å². The minimum absolute atomic E-state index is 0.237. The summed E-state index contributed by atoms with van der Waals surface area (Å²) in [6.07, 6.45) is 0. The Hall–Kier alpha value is -2.22. The van der Waals surface area contributed by atoms with Gasteiger partial charge in [0.2, 0.25) is 0 Å². The number of carboxylic acid groups (broad SMARTS) is 1. The molecule has 0 aromatic heterocycles. The molecule has 0 radical (unpaired) electrons. The number of benzene rings is 1. The van der Waals surface area contributed by atoms with Crippen molar-refractivity contribution in [1.82, 2.24) is 0 Å². The van der Waals surface area contributed by atoms with Crippen molar-refractivity contribution >= 4 is 11.7 Å². The Bertz CT molecular complexity index is 489. The van der Waals surface area contributed by atoms with Crippen LogP contribution < -0.4 is 10.5 Å². The molecule has 1 aromatic rings. The second kappa shape index (κ2) is 4.96. The van der Waals surface area contributed by atoms with Crippen LogP contribution in [0.15, 0.2) is 18.2 Å². The molecule has 0 bridgehead atoms. The molecule has 18 heavy (non-hydrogen) atoms. The van der Waals surface area contributed by atoms with E-state index in [0.29, 0.717) is 6.07 Å². The lowest BCUT2D eigenvalue weighted by molar-refractivity contribution is -0.386. The monoisotopic (exact) mass is 258 g/mol. The van der Waals surface area contributed by atoms with Crippen LogP contribution in [0.4, 0.5) is 10.1 Å². The minimum Gasteiger partial charge on any atom is -0.484 e. The van der Waals surface area contributed by atoms with Crippen molar-refractivity contribution in [2.75, 3.05) is 6.61 Å². The van der Waals surface area contributed by atoms with E-state index in [1.165, 1.54) is 6.92 Å². The summed E-state index contributed by atoms with van der Waals surface area (Å²) in [6, 6.07) is 2.70. The Morgan fingerprint density at radius 1 is 1.67 bits per heavy atom. The summed E-state index contributed by atoms with van der Waals surface area (Å²) in [4.78, 5) is 20.5. The van der Waals surface area contributed by atoms with Crippen LogP contribution in [0.3, 0.4) is 0 Å². The van der Waals surface area contributed by atoms with E-state index in [1.807, 2.05) is 0 Å². The van der Waals surface area contributed by atoms with Gasteiger partial charge < -0.3 is 15.6 Å². The summed E-state index contributed by atoms with van der Waals surface area (Å²) in [7, 11) is 0. The summed E-state index contributed by atoms with van der Waals surface area (Å²) < 4.78 is 17.8. The van der Waals surface area contributed by atoms with Gasteiger partial charge in [0, 0.05) is 0 Å². The molecular formula is C10H11FN2O5. The maximum Gasteiger partial charge on any atom is 0.326 e. The highest BCUT2D eigenvalue weighted by Gasteiger charge is 2.30. The predicted molar refractivity (Wildman–Crippen MR) is 58.8 cm³/mol. The molecule has 0 heterocycles. The molecule has 0 amide bonds. The number of carbonyl (C=O) groups is 1. The van der Waals surface area contributed by atoms with E-state index < -0.39 is 34.5 Å². The number of rotatable bonds is 5. The second-order valence-electron chi connectivity index (χ2n) is 3.88. The van der Waals surface area contributed by atoms with Crippen molar-refractivity contribution in [2.45, 2.75) is 12.5 Å². The second-order valence-corrected chi connectivity index (χ2v) is 3.88. The third-order valence-electron chi connectivity index (χ3n) is 2.13. The number of aliphatic carboxylic acids is 1. The molecule has 98 valence electrons. The van der Waals surface area contributed by atoms with Crippen molar-refractivity contribution in [3.05, 3.63) is 34.1 Å². The molecule has 1 aromatic carbocycles. The fourth-order valence-electron chi connectivity index (χ4n) is 1.04. The number of ether oxygens (including phenoxy) is 1. The average molecular weight is 258 g/mol. The molecule has 1 atom stereocenters. The first-order chi connectivity index (χ1) is 8.24. The largest absolute Gasteiger partial charge is 0.484 e. The van der Waals surface area contributed by atoms with E-state index in [-0.39, 0.29) is 5.75 Å². The molecule has 1 rings (SSSR count).